The number of aromatic nitrogens is 1. The van der Waals surface area contributed by atoms with E-state index in [0.29, 0.717) is 19.0 Å². The summed E-state index contributed by atoms with van der Waals surface area (Å²) >= 11 is 0. The number of likely N-dealkylation sites (N-methyl/N-ethyl adjacent to an activating group) is 1. The fourth-order valence-electron chi connectivity index (χ4n) is 2.33. The number of ether oxygens (including phenoxy) is 2. The van der Waals surface area contributed by atoms with Crippen LogP contribution in [0.25, 0.3) is 11.5 Å². The minimum Gasteiger partial charge on any atom is -0.487 e. The van der Waals surface area contributed by atoms with Crippen molar-refractivity contribution in [2.45, 2.75) is 75.8 Å². The van der Waals surface area contributed by atoms with Crippen LogP contribution < -0.4 is 4.74 Å². The van der Waals surface area contributed by atoms with Gasteiger partial charge in [0.05, 0.1) is 13.7 Å². The van der Waals surface area contributed by atoms with Gasteiger partial charge in [0.2, 0.25) is 5.89 Å². The van der Waals surface area contributed by atoms with E-state index in [1.165, 1.54) is 7.11 Å². The van der Waals surface area contributed by atoms with Gasteiger partial charge >= 0.3 is 5.97 Å². The van der Waals surface area contributed by atoms with E-state index in [2.05, 4.69) is 9.72 Å². The van der Waals surface area contributed by atoms with Crippen LogP contribution in [0.1, 0.15) is 73.8 Å². The number of hydrogen-bond acceptors (Lipinski definition) is 6. The third kappa shape index (κ3) is 17.9. The van der Waals surface area contributed by atoms with Gasteiger partial charge in [0, 0.05) is 5.56 Å². The molecule has 0 spiro atoms. The molecule has 0 aliphatic rings. The van der Waals surface area contributed by atoms with Crippen molar-refractivity contribution in [3.8, 4) is 17.2 Å². The normalized spacial score (nSPS) is 8.68. The molecule has 0 amide bonds. The highest BCUT2D eigenvalue weighted by atomic mass is 16.5. The number of methoxy groups -OCH3 is 1. The number of aryl methyl sites for hydroxylation is 1. The summed E-state index contributed by atoms with van der Waals surface area (Å²) in [5.41, 5.74) is 1.80. The van der Waals surface area contributed by atoms with Crippen molar-refractivity contribution in [2.24, 2.45) is 0 Å². The topological polar surface area (TPSA) is 64.8 Å². The van der Waals surface area contributed by atoms with E-state index in [1.54, 1.807) is 0 Å². The van der Waals surface area contributed by atoms with E-state index in [1.807, 2.05) is 142 Å². The fourth-order valence-corrected chi connectivity index (χ4v) is 2.33. The van der Waals surface area contributed by atoms with Crippen LogP contribution in [0.15, 0.2) is 65.1 Å². The van der Waals surface area contributed by atoms with Gasteiger partial charge in [0.15, 0.2) is 0 Å². The van der Waals surface area contributed by atoms with Gasteiger partial charge in [0.1, 0.15) is 23.8 Å². The van der Waals surface area contributed by atoms with Gasteiger partial charge in [0.25, 0.3) is 0 Å². The first-order chi connectivity index (χ1) is 18.0. The van der Waals surface area contributed by atoms with Crippen LogP contribution in [-0.4, -0.2) is 43.1 Å². The molecule has 0 radical (unpaired) electrons. The highest BCUT2D eigenvalue weighted by Gasteiger charge is 2.11. The van der Waals surface area contributed by atoms with E-state index in [0.717, 1.165) is 29.3 Å². The summed E-state index contributed by atoms with van der Waals surface area (Å²) in [6, 6.07) is 19.6. The SMILES string of the molecule is CC.CC.CC.CC.CCN(C)CC(=O)OC.Cc1oc(-c2ccccc2)nc1COc1ccccc1. The van der Waals surface area contributed by atoms with Crippen LogP contribution in [0.2, 0.25) is 0 Å². The molecule has 0 saturated carbocycles. The molecule has 0 aliphatic carbocycles. The number of rotatable bonds is 7. The number of benzene rings is 2. The molecule has 1 heterocycles. The molecule has 37 heavy (non-hydrogen) atoms. The summed E-state index contributed by atoms with van der Waals surface area (Å²) in [4.78, 5) is 16.9. The first-order valence-corrected chi connectivity index (χ1v) is 13.5. The third-order valence-corrected chi connectivity index (χ3v) is 4.20. The second kappa shape index (κ2) is 27.5. The molecule has 0 atom stereocenters. The zero-order chi connectivity index (χ0) is 29.1. The number of hydrogen-bond donors (Lipinski definition) is 0. The molecule has 0 unspecified atom stereocenters. The van der Waals surface area contributed by atoms with Crippen LogP contribution >= 0.6 is 0 Å². The molecular weight excluding hydrogens is 464 g/mol. The molecule has 6 heteroatoms. The Morgan fingerprint density at radius 1 is 0.865 bits per heavy atom. The minimum atomic E-state index is -0.181. The molecule has 0 fully saturated rings. The lowest BCUT2D eigenvalue weighted by Crippen LogP contribution is -2.26. The highest BCUT2D eigenvalue weighted by Crippen LogP contribution is 2.22. The van der Waals surface area contributed by atoms with E-state index >= 15 is 0 Å². The summed E-state index contributed by atoms with van der Waals surface area (Å²) in [6.45, 7) is 21.6. The molecule has 0 N–H and O–H groups in total. The Bertz CT molecular complexity index is 865. The highest BCUT2D eigenvalue weighted by molar-refractivity contribution is 5.71. The second-order valence-electron chi connectivity index (χ2n) is 6.40. The predicted molar refractivity (Wildman–Crippen MR) is 158 cm³/mol. The van der Waals surface area contributed by atoms with E-state index < -0.39 is 0 Å². The molecule has 3 rings (SSSR count). The van der Waals surface area contributed by atoms with Crippen LogP contribution in [0.4, 0.5) is 0 Å². The number of nitrogens with zero attached hydrogens (tertiary/aromatic N) is 2. The molecule has 0 saturated heterocycles. The van der Waals surface area contributed by atoms with Crippen molar-refractivity contribution in [3.63, 3.8) is 0 Å². The van der Waals surface area contributed by atoms with Crippen LogP contribution in [0, 0.1) is 6.92 Å². The number of oxazole rings is 1. The molecular formula is C31H52N2O4. The van der Waals surface area contributed by atoms with Gasteiger partial charge in [-0.05, 0) is 44.8 Å². The van der Waals surface area contributed by atoms with Crippen LogP contribution in [-0.2, 0) is 16.1 Å². The standard InChI is InChI=1S/C17H15NO2.C6H13NO2.4C2H6/c1-13-16(12-19-15-10-6-3-7-11-15)18-17(20-13)14-8-4-2-5-9-14;1-4-7(2)5-6(8)9-3;4*1-2/h2-11H,12H2,1H3;4-5H2,1-3H3;4*1-2H3. The van der Waals surface area contributed by atoms with E-state index in [9.17, 15) is 4.79 Å². The first-order valence-electron chi connectivity index (χ1n) is 13.5. The average Bonchev–Trinajstić information content (AvgIpc) is 3.37. The van der Waals surface area contributed by atoms with Gasteiger partial charge in [-0.1, -0.05) is 98.7 Å². The minimum absolute atomic E-state index is 0.181. The Morgan fingerprint density at radius 2 is 1.35 bits per heavy atom. The van der Waals surface area contributed by atoms with Crippen LogP contribution in [0.5, 0.6) is 5.75 Å². The van der Waals surface area contributed by atoms with Gasteiger partial charge in [-0.2, -0.15) is 0 Å². The summed E-state index contributed by atoms with van der Waals surface area (Å²) in [5.74, 6) is 2.07. The lowest BCUT2D eigenvalue weighted by molar-refractivity contribution is -0.141. The monoisotopic (exact) mass is 516 g/mol. The average molecular weight is 517 g/mol. The second-order valence-corrected chi connectivity index (χ2v) is 6.40. The maximum absolute atomic E-state index is 10.5. The molecule has 6 nitrogen and oxygen atoms in total. The smallest absolute Gasteiger partial charge is 0.319 e. The predicted octanol–water partition coefficient (Wildman–Crippen LogP) is 8.44. The number of carbonyl (C=O) groups is 1. The quantitative estimate of drug-likeness (QED) is 0.294. The van der Waals surface area contributed by atoms with Crippen molar-refractivity contribution in [1.82, 2.24) is 9.88 Å². The zero-order valence-corrected chi connectivity index (χ0v) is 25.4. The summed E-state index contributed by atoms with van der Waals surface area (Å²) in [7, 11) is 3.27. The molecule has 1 aromatic heterocycles. The number of esters is 1. The van der Waals surface area contributed by atoms with E-state index in [-0.39, 0.29) is 5.97 Å². The first kappa shape index (κ1) is 38.4. The van der Waals surface area contributed by atoms with Crippen molar-refractivity contribution in [2.75, 3.05) is 27.2 Å². The molecule has 0 aliphatic heterocycles. The Kier molecular flexibility index (Phi) is 28.5. The largest absolute Gasteiger partial charge is 0.487 e. The Labute approximate surface area is 227 Å². The Balaban J connectivity index is -0.000000576. The van der Waals surface area contributed by atoms with Gasteiger partial charge in [-0.3, -0.25) is 9.69 Å². The van der Waals surface area contributed by atoms with Crippen molar-refractivity contribution in [1.29, 1.82) is 0 Å². The third-order valence-electron chi connectivity index (χ3n) is 4.20. The molecule has 3 aromatic rings. The molecule has 0 bridgehead atoms. The zero-order valence-electron chi connectivity index (χ0n) is 25.4. The summed E-state index contributed by atoms with van der Waals surface area (Å²) in [5, 5.41) is 0. The van der Waals surface area contributed by atoms with Gasteiger partial charge in [-0.25, -0.2) is 4.98 Å². The molecule has 2 aromatic carbocycles. The summed E-state index contributed by atoms with van der Waals surface area (Å²) in [6.07, 6.45) is 0. The Morgan fingerprint density at radius 3 is 1.81 bits per heavy atom. The maximum atomic E-state index is 10.5. The fraction of sp³-hybridized carbons (Fsp3) is 0.484. The van der Waals surface area contributed by atoms with Crippen molar-refractivity contribution in [3.05, 3.63) is 72.1 Å². The van der Waals surface area contributed by atoms with Crippen molar-refractivity contribution < 1.29 is 18.7 Å². The number of carbonyl (C=O) groups excluding carboxylic acids is 1. The van der Waals surface area contributed by atoms with Gasteiger partial charge < -0.3 is 13.9 Å². The molecule has 210 valence electrons. The lowest BCUT2D eigenvalue weighted by atomic mass is 10.2. The Hall–Kier alpha value is -3.12. The summed E-state index contributed by atoms with van der Waals surface area (Å²) < 4.78 is 15.8. The van der Waals surface area contributed by atoms with Gasteiger partial charge in [-0.15, -0.1) is 0 Å². The maximum Gasteiger partial charge on any atom is 0.319 e. The van der Waals surface area contributed by atoms with Crippen LogP contribution in [0.3, 0.4) is 0 Å². The van der Waals surface area contributed by atoms with Crippen molar-refractivity contribution >= 4 is 5.97 Å². The number of para-hydroxylation sites is 1. The van der Waals surface area contributed by atoms with E-state index in [4.69, 9.17) is 9.15 Å². The lowest BCUT2D eigenvalue weighted by Gasteiger charge is -2.10.